The zero-order chi connectivity index (χ0) is 74.2. The third-order valence-corrected chi connectivity index (χ3v) is 17.2. The molecular formula is C76H90Br2N16O6S3. The standard InChI is InChI=1S/C19H22N4S.C17H17N3OS.C10H13BrO2.C9H13N3OS.C8H12N2O.C8H8N2O.C5H5BrN2/c1-23(2)12-6-7-15-10-11-18(20-13-15)22-19-21-14-17(24-19)16-8-4-3-5-9-16;21-10-4-5-13-8-9-16(18-11-13)20-17-19-12-15(22-17)14-6-2-1-3-7-14;1-12-10(13-2)9(11)8-6-4-3-5-7-8;10-9(14)12-8-4-3-7(6-11-8)2-1-5-13;2*9-8-4-3-7(6-10-8)2-1-5-11;6-4-1-2-5(7)8-3-4/h3-5,8-11,13-14H,6-7,12H2,1-2H3,(H,20,21,22);1-3,6-9,11-12,21H,4-5,10H2,(H,18,19,20);3-7,9-10H,1-2H3;3-4,6,13H,1-2,5H2,(H3,10,11,12,14);3-4,6,11H,1-2,5H2,(H2,9,10);3-4,6,11H,5H2,(H2,9,10);1-3H,(H2,7,8). The number of aryl methyl sites for hydroxylation is 4. The Hall–Kier alpha value is -9.25. The number of aromatic nitrogens is 8. The van der Waals surface area contributed by atoms with E-state index in [1.807, 2.05) is 134 Å². The van der Waals surface area contributed by atoms with Crippen LogP contribution in [0.25, 0.3) is 20.9 Å². The van der Waals surface area contributed by atoms with Crippen molar-refractivity contribution in [1.82, 2.24) is 44.8 Å². The second-order valence-electron chi connectivity index (χ2n) is 22.2. The Morgan fingerprint density at radius 3 is 1.27 bits per heavy atom. The van der Waals surface area contributed by atoms with Crippen LogP contribution in [0, 0.1) is 11.8 Å². The van der Waals surface area contributed by atoms with Crippen molar-refractivity contribution in [1.29, 1.82) is 0 Å². The van der Waals surface area contributed by atoms with Crippen molar-refractivity contribution in [2.45, 2.75) is 62.5 Å². The quantitative estimate of drug-likeness (QED) is 0.0116. The first-order chi connectivity index (χ1) is 50.0. The zero-order valence-electron chi connectivity index (χ0n) is 58.0. The van der Waals surface area contributed by atoms with Gasteiger partial charge in [0.2, 0.25) is 0 Å². The van der Waals surface area contributed by atoms with Gasteiger partial charge in [0.15, 0.2) is 21.7 Å². The molecule has 8 aromatic heterocycles. The molecule has 542 valence electrons. The van der Waals surface area contributed by atoms with Crippen molar-refractivity contribution >= 4 is 117 Å². The maximum Gasteiger partial charge on any atom is 0.188 e. The second-order valence-corrected chi connectivity index (χ2v) is 26.6. The lowest BCUT2D eigenvalue weighted by atomic mass is 10.1. The molecule has 0 amide bonds. The molecule has 22 nitrogen and oxygen atoms in total. The summed E-state index contributed by atoms with van der Waals surface area (Å²) in [4.78, 5) is 37.9. The Bertz CT molecular complexity index is 4070. The van der Waals surface area contributed by atoms with Gasteiger partial charge in [-0.2, -0.15) is 0 Å². The first-order valence-corrected chi connectivity index (χ1v) is 36.3. The van der Waals surface area contributed by atoms with Crippen molar-refractivity contribution in [2.24, 2.45) is 5.73 Å². The third-order valence-electron chi connectivity index (χ3n) is 13.8. The first kappa shape index (κ1) is 84.4. The molecule has 0 fully saturated rings. The van der Waals surface area contributed by atoms with Crippen molar-refractivity contribution in [3.8, 4) is 32.7 Å². The average molecular weight is 1580 g/mol. The van der Waals surface area contributed by atoms with Gasteiger partial charge in [0.05, 0.1) is 14.6 Å². The maximum absolute atomic E-state index is 8.83. The first-order valence-electron chi connectivity index (χ1n) is 32.6. The number of nitrogen functional groups attached to an aromatic ring is 3. The summed E-state index contributed by atoms with van der Waals surface area (Å²) in [5.41, 5.74) is 30.2. The zero-order valence-corrected chi connectivity index (χ0v) is 63.6. The van der Waals surface area contributed by atoms with Crippen LogP contribution < -0.4 is 38.9 Å². The van der Waals surface area contributed by atoms with Crippen LogP contribution in [-0.4, -0.2) is 138 Å². The summed E-state index contributed by atoms with van der Waals surface area (Å²) in [6.45, 7) is 1.60. The lowest BCUT2D eigenvalue weighted by Gasteiger charge is -2.19. The number of hydrogen-bond acceptors (Lipinski definition) is 23. The van der Waals surface area contributed by atoms with E-state index < -0.39 is 0 Å². The lowest BCUT2D eigenvalue weighted by Crippen LogP contribution is -2.19. The number of halogens is 2. The fourth-order valence-corrected chi connectivity index (χ4v) is 11.3. The van der Waals surface area contributed by atoms with Gasteiger partial charge in [-0.1, -0.05) is 166 Å². The molecule has 0 spiro atoms. The Morgan fingerprint density at radius 2 is 0.913 bits per heavy atom. The molecule has 11 aromatic rings. The highest BCUT2D eigenvalue weighted by molar-refractivity contribution is 9.10. The minimum atomic E-state index is -0.248. The Balaban J connectivity index is 0.000000223. The van der Waals surface area contributed by atoms with Crippen LogP contribution in [-0.2, 0) is 35.2 Å². The monoisotopic (exact) mass is 1580 g/mol. The number of methoxy groups -OCH3 is 2. The highest BCUT2D eigenvalue weighted by atomic mass is 79.9. The molecule has 0 saturated heterocycles. The smallest absolute Gasteiger partial charge is 0.188 e. The normalized spacial score (nSPS) is 10.5. The summed E-state index contributed by atoms with van der Waals surface area (Å²) in [5, 5.41) is 45.5. The van der Waals surface area contributed by atoms with Gasteiger partial charge in [-0.3, -0.25) is 0 Å². The van der Waals surface area contributed by atoms with Crippen LogP contribution in [0.4, 0.5) is 45.2 Å². The summed E-state index contributed by atoms with van der Waals surface area (Å²) in [7, 11) is 7.46. The van der Waals surface area contributed by atoms with Crippen LogP contribution in [0.3, 0.4) is 0 Å². The molecule has 0 bridgehead atoms. The van der Waals surface area contributed by atoms with E-state index in [2.05, 4.69) is 161 Å². The number of nitrogens with zero attached hydrogens (tertiary/aromatic N) is 9. The Morgan fingerprint density at radius 1 is 0.505 bits per heavy atom. The molecular weight excluding hydrogens is 1490 g/mol. The van der Waals surface area contributed by atoms with Crippen molar-refractivity contribution < 1.29 is 29.9 Å². The van der Waals surface area contributed by atoms with Crippen LogP contribution in [0.15, 0.2) is 218 Å². The molecule has 27 heteroatoms. The van der Waals surface area contributed by atoms with Gasteiger partial charge in [-0.25, -0.2) is 39.9 Å². The minimum Gasteiger partial charge on any atom is -0.396 e. The molecule has 0 aliphatic heterocycles. The third kappa shape index (κ3) is 35.5. The molecule has 1 unspecified atom stereocenters. The van der Waals surface area contributed by atoms with Gasteiger partial charge in [-0.05, 0) is 188 Å². The second kappa shape index (κ2) is 50.2. The number of aliphatic hydroxyl groups is 4. The van der Waals surface area contributed by atoms with Crippen molar-refractivity contribution in [3.05, 3.63) is 251 Å². The summed E-state index contributed by atoms with van der Waals surface area (Å²) >= 11 is 14.7. The topological polar surface area (TPSA) is 346 Å². The summed E-state index contributed by atoms with van der Waals surface area (Å²) in [5.74, 6) is 9.03. The van der Waals surface area contributed by atoms with Crippen LogP contribution in [0.1, 0.15) is 63.9 Å². The number of nitrogens with two attached hydrogens (primary N) is 4. The number of pyridine rings is 6. The Kier molecular flexibility index (Phi) is 41.1. The predicted molar refractivity (Wildman–Crippen MR) is 431 cm³/mol. The van der Waals surface area contributed by atoms with Gasteiger partial charge < -0.3 is 73.7 Å². The molecule has 0 aliphatic rings. The number of thiocarbonyl (C=S) groups is 1. The van der Waals surface area contributed by atoms with E-state index >= 15 is 0 Å². The highest BCUT2D eigenvalue weighted by Crippen LogP contribution is 2.32. The van der Waals surface area contributed by atoms with Gasteiger partial charge in [0, 0.05) is 93.7 Å². The number of ether oxygens (including phenoxy) is 2. The molecule has 0 aliphatic carbocycles. The molecule has 15 N–H and O–H groups in total. The molecule has 3 aromatic carbocycles. The van der Waals surface area contributed by atoms with E-state index in [4.69, 9.17) is 52.8 Å². The number of thiazole rings is 2. The SMILES string of the molecule is CN(C)CCCc1ccc(Nc2ncc(-c3ccccc3)s2)nc1.COC(OC)C(Br)c1ccccc1.NC(=S)Nc1ccc(CCCO)cn1.Nc1ccc(Br)cn1.Nc1ccc(C#CCO)cn1.Nc1ccc(CCCO)cn1.OCCCc1ccc(Nc2ncc(-c3ccccc3)s2)nc1. The van der Waals surface area contributed by atoms with E-state index in [1.54, 1.807) is 85.9 Å². The van der Waals surface area contributed by atoms with Crippen LogP contribution >= 0.6 is 66.8 Å². The van der Waals surface area contributed by atoms with Gasteiger partial charge >= 0.3 is 0 Å². The molecule has 1 atom stereocenters. The average Bonchev–Trinajstić information content (AvgIpc) is 1.74. The molecule has 0 radical (unpaired) electrons. The maximum atomic E-state index is 8.83. The molecule has 0 saturated carbocycles. The minimum absolute atomic E-state index is 0.0729. The van der Waals surface area contributed by atoms with Gasteiger partial charge in [0.1, 0.15) is 41.5 Å². The number of hydrogen-bond donors (Lipinski definition) is 11. The highest BCUT2D eigenvalue weighted by Gasteiger charge is 2.19. The summed E-state index contributed by atoms with van der Waals surface area (Å²) < 4.78 is 11.2. The largest absolute Gasteiger partial charge is 0.396 e. The number of nitrogens with one attached hydrogen (secondary N) is 3. The molecule has 103 heavy (non-hydrogen) atoms. The van der Waals surface area contributed by atoms with E-state index in [1.165, 1.54) is 16.7 Å². The fraction of sp³-hybridized carbons (Fsp3) is 0.250. The van der Waals surface area contributed by atoms with E-state index in [0.29, 0.717) is 23.3 Å². The Labute approximate surface area is 633 Å². The summed E-state index contributed by atoms with van der Waals surface area (Å²) in [6, 6.07) is 53.1. The molecule has 8 heterocycles. The van der Waals surface area contributed by atoms with Crippen molar-refractivity contribution in [2.75, 3.05) is 94.4 Å². The van der Waals surface area contributed by atoms with Gasteiger partial charge in [0.25, 0.3) is 0 Å². The van der Waals surface area contributed by atoms with E-state index in [-0.39, 0.29) is 42.7 Å². The number of aliphatic hydroxyl groups excluding tert-OH is 4. The number of anilines is 8. The van der Waals surface area contributed by atoms with Gasteiger partial charge in [-0.15, -0.1) is 0 Å². The van der Waals surface area contributed by atoms with E-state index in [9.17, 15) is 0 Å². The lowest BCUT2D eigenvalue weighted by molar-refractivity contribution is -0.101. The van der Waals surface area contributed by atoms with Crippen LogP contribution in [0.2, 0.25) is 0 Å². The predicted octanol–water partition coefficient (Wildman–Crippen LogP) is 13.7. The van der Waals surface area contributed by atoms with Crippen molar-refractivity contribution in [3.63, 3.8) is 0 Å². The number of alkyl halides is 1. The number of rotatable bonds is 24. The summed E-state index contributed by atoms with van der Waals surface area (Å²) in [6.07, 6.45) is 21.1. The number of benzene rings is 3. The van der Waals surface area contributed by atoms with Crippen LogP contribution in [0.5, 0.6) is 0 Å². The van der Waals surface area contributed by atoms with E-state index in [0.717, 1.165) is 122 Å². The molecule has 11 rings (SSSR count). The fourth-order valence-electron chi connectivity index (χ4n) is 8.59.